The summed E-state index contributed by atoms with van der Waals surface area (Å²) in [4.78, 5) is 25.6. The third kappa shape index (κ3) is 1.84. The van der Waals surface area contributed by atoms with Gasteiger partial charge in [-0.15, -0.1) is 0 Å². The maximum atomic E-state index is 11.3. The van der Waals surface area contributed by atoms with Gasteiger partial charge >= 0.3 is 11.9 Å². The van der Waals surface area contributed by atoms with E-state index in [-0.39, 0.29) is 6.04 Å². The quantitative estimate of drug-likeness (QED) is 0.602. The van der Waals surface area contributed by atoms with E-state index >= 15 is 0 Å². The zero-order valence-corrected chi connectivity index (χ0v) is 8.85. The van der Waals surface area contributed by atoms with Crippen molar-refractivity contribution in [3.05, 3.63) is 0 Å². The molecular weight excluding hydrogens is 196 g/mol. The van der Waals surface area contributed by atoms with Crippen molar-refractivity contribution in [2.75, 3.05) is 26.7 Å². The fourth-order valence-corrected chi connectivity index (χ4v) is 2.67. The van der Waals surface area contributed by atoms with Crippen LogP contribution >= 0.6 is 0 Å². The van der Waals surface area contributed by atoms with Gasteiger partial charge in [-0.2, -0.15) is 0 Å². The molecule has 3 aliphatic heterocycles. The summed E-state index contributed by atoms with van der Waals surface area (Å²) >= 11 is 0. The summed E-state index contributed by atoms with van der Waals surface area (Å²) < 4.78 is 0. The van der Waals surface area contributed by atoms with E-state index in [9.17, 15) is 9.59 Å². The van der Waals surface area contributed by atoms with Crippen molar-refractivity contribution in [2.45, 2.75) is 18.9 Å². The lowest BCUT2D eigenvalue weighted by atomic mass is 9.83. The average molecular weight is 212 g/mol. The molecule has 5 nitrogen and oxygen atoms in total. The maximum absolute atomic E-state index is 11.3. The van der Waals surface area contributed by atoms with Crippen LogP contribution < -0.4 is 0 Å². The van der Waals surface area contributed by atoms with Crippen LogP contribution in [-0.4, -0.2) is 59.5 Å². The highest BCUT2D eigenvalue weighted by molar-refractivity contribution is 6.31. The van der Waals surface area contributed by atoms with Gasteiger partial charge in [0, 0.05) is 19.6 Å². The molecule has 5 heteroatoms. The smallest absolute Gasteiger partial charge is 0.394 e. The Morgan fingerprint density at radius 1 is 1.33 bits per heavy atom. The standard InChI is InChI=1S/C10H16N2O3/c1-11(9(13)10(14)15)8-6-12-4-2-7(8)3-5-12/h7-8H,2-6H2,1H3,(H,14,15). The highest BCUT2D eigenvalue weighted by Crippen LogP contribution is 2.30. The number of rotatable bonds is 1. The number of aliphatic carboxylic acids is 1. The molecule has 1 amide bonds. The Balaban J connectivity index is 2.04. The van der Waals surface area contributed by atoms with Crippen molar-refractivity contribution in [1.82, 2.24) is 9.80 Å². The van der Waals surface area contributed by atoms with Crippen molar-refractivity contribution < 1.29 is 14.7 Å². The van der Waals surface area contributed by atoms with Crippen LogP contribution in [0.15, 0.2) is 0 Å². The lowest BCUT2D eigenvalue weighted by molar-refractivity contribution is -0.158. The number of fused-ring (bicyclic) bond motifs is 3. The molecule has 1 N–H and O–H groups in total. The predicted octanol–water partition coefficient (Wildman–Crippen LogP) is -0.376. The van der Waals surface area contributed by atoms with Gasteiger partial charge in [0.05, 0.1) is 0 Å². The van der Waals surface area contributed by atoms with E-state index in [0.29, 0.717) is 5.92 Å². The molecule has 3 fully saturated rings. The molecule has 3 saturated heterocycles. The number of amides is 1. The molecule has 0 aromatic heterocycles. The summed E-state index contributed by atoms with van der Waals surface area (Å²) in [6.07, 6.45) is 2.17. The van der Waals surface area contributed by atoms with Gasteiger partial charge in [-0.25, -0.2) is 4.79 Å². The third-order valence-corrected chi connectivity index (χ3v) is 3.62. The molecule has 3 aliphatic rings. The SMILES string of the molecule is CN(C(=O)C(=O)O)C1CN2CCC1CC2. The number of carbonyl (C=O) groups excluding carboxylic acids is 1. The van der Waals surface area contributed by atoms with Crippen LogP contribution in [0, 0.1) is 5.92 Å². The van der Waals surface area contributed by atoms with Crippen LogP contribution in [0.4, 0.5) is 0 Å². The molecule has 0 aliphatic carbocycles. The Morgan fingerprint density at radius 3 is 2.33 bits per heavy atom. The van der Waals surface area contributed by atoms with Crippen LogP contribution in [0.3, 0.4) is 0 Å². The average Bonchev–Trinajstić information content (AvgIpc) is 2.28. The van der Waals surface area contributed by atoms with Crippen LogP contribution in [0.5, 0.6) is 0 Å². The number of carbonyl (C=O) groups is 2. The predicted molar refractivity (Wildman–Crippen MR) is 53.4 cm³/mol. The molecule has 0 aromatic carbocycles. The largest absolute Gasteiger partial charge is 0.474 e. The summed E-state index contributed by atoms with van der Waals surface area (Å²) in [6, 6.07) is 0.0936. The second-order valence-electron chi connectivity index (χ2n) is 4.43. The van der Waals surface area contributed by atoms with Gasteiger partial charge in [0.1, 0.15) is 0 Å². The molecule has 1 atom stereocenters. The first-order valence-corrected chi connectivity index (χ1v) is 5.32. The number of nitrogens with zero attached hydrogens (tertiary/aromatic N) is 2. The summed E-state index contributed by atoms with van der Waals surface area (Å²) in [5.41, 5.74) is 0. The molecule has 0 aromatic rings. The molecule has 3 heterocycles. The molecule has 84 valence electrons. The minimum atomic E-state index is -1.35. The lowest BCUT2D eigenvalue weighted by Gasteiger charge is -2.47. The van der Waals surface area contributed by atoms with Crippen LogP contribution in [0.2, 0.25) is 0 Å². The van der Waals surface area contributed by atoms with Crippen molar-refractivity contribution in [2.24, 2.45) is 5.92 Å². The van der Waals surface area contributed by atoms with E-state index in [1.807, 2.05) is 0 Å². The Bertz CT molecular complexity index is 284. The van der Waals surface area contributed by atoms with E-state index in [4.69, 9.17) is 5.11 Å². The van der Waals surface area contributed by atoms with Gasteiger partial charge < -0.3 is 14.9 Å². The number of likely N-dealkylation sites (N-methyl/N-ethyl adjacent to an activating group) is 1. The van der Waals surface area contributed by atoms with Gasteiger partial charge in [0.25, 0.3) is 0 Å². The molecular formula is C10H16N2O3. The first-order valence-electron chi connectivity index (χ1n) is 5.32. The zero-order valence-electron chi connectivity index (χ0n) is 8.85. The minimum absolute atomic E-state index is 0.0936. The Hall–Kier alpha value is -1.10. The van der Waals surface area contributed by atoms with Crippen molar-refractivity contribution in [3.8, 4) is 0 Å². The van der Waals surface area contributed by atoms with Gasteiger partial charge in [-0.05, 0) is 31.8 Å². The second-order valence-corrected chi connectivity index (χ2v) is 4.43. The fourth-order valence-electron chi connectivity index (χ4n) is 2.67. The molecule has 0 radical (unpaired) electrons. The molecule has 0 spiro atoms. The molecule has 3 rings (SSSR count). The van der Waals surface area contributed by atoms with E-state index in [1.165, 1.54) is 4.90 Å². The van der Waals surface area contributed by atoms with Crippen molar-refractivity contribution >= 4 is 11.9 Å². The normalized spacial score (nSPS) is 33.8. The fraction of sp³-hybridized carbons (Fsp3) is 0.800. The van der Waals surface area contributed by atoms with Crippen LogP contribution in [0.1, 0.15) is 12.8 Å². The Labute approximate surface area is 88.6 Å². The van der Waals surface area contributed by atoms with E-state index in [0.717, 1.165) is 32.5 Å². The first-order chi connectivity index (χ1) is 7.09. The molecule has 1 unspecified atom stereocenters. The number of hydrogen-bond acceptors (Lipinski definition) is 3. The Kier molecular flexibility index (Phi) is 2.65. The summed E-state index contributed by atoms with van der Waals surface area (Å²) in [6.45, 7) is 3.02. The van der Waals surface area contributed by atoms with E-state index in [2.05, 4.69) is 4.90 Å². The van der Waals surface area contributed by atoms with Crippen molar-refractivity contribution in [3.63, 3.8) is 0 Å². The van der Waals surface area contributed by atoms with Crippen LogP contribution in [0.25, 0.3) is 0 Å². The Morgan fingerprint density at radius 2 is 1.93 bits per heavy atom. The maximum Gasteiger partial charge on any atom is 0.394 e. The van der Waals surface area contributed by atoms with Gasteiger partial charge in [0.15, 0.2) is 0 Å². The van der Waals surface area contributed by atoms with Gasteiger partial charge in [0.2, 0.25) is 0 Å². The summed E-state index contributed by atoms with van der Waals surface area (Å²) in [5, 5.41) is 8.65. The van der Waals surface area contributed by atoms with Crippen molar-refractivity contribution in [1.29, 1.82) is 0 Å². The zero-order chi connectivity index (χ0) is 11.0. The van der Waals surface area contributed by atoms with Gasteiger partial charge in [-0.1, -0.05) is 0 Å². The topological polar surface area (TPSA) is 60.9 Å². The van der Waals surface area contributed by atoms with E-state index in [1.54, 1.807) is 7.05 Å². The van der Waals surface area contributed by atoms with Gasteiger partial charge in [-0.3, -0.25) is 4.79 Å². The highest BCUT2D eigenvalue weighted by atomic mass is 16.4. The minimum Gasteiger partial charge on any atom is -0.474 e. The molecule has 2 bridgehead atoms. The number of piperidine rings is 3. The molecule has 15 heavy (non-hydrogen) atoms. The summed E-state index contributed by atoms with van der Waals surface area (Å²) in [7, 11) is 1.60. The monoisotopic (exact) mass is 212 g/mol. The third-order valence-electron chi connectivity index (χ3n) is 3.62. The first kappa shape index (κ1) is 10.4. The summed E-state index contributed by atoms with van der Waals surface area (Å²) in [5.74, 6) is -1.65. The molecule has 0 saturated carbocycles. The second kappa shape index (κ2) is 3.81. The number of carboxylic acids is 1. The highest BCUT2D eigenvalue weighted by Gasteiger charge is 2.38. The number of hydrogen-bond donors (Lipinski definition) is 1. The number of carboxylic acid groups (broad SMARTS) is 1. The van der Waals surface area contributed by atoms with E-state index < -0.39 is 11.9 Å². The van der Waals surface area contributed by atoms with Crippen LogP contribution in [-0.2, 0) is 9.59 Å². The lowest BCUT2D eigenvalue weighted by Crippen LogP contribution is -2.58.